The van der Waals surface area contributed by atoms with Gasteiger partial charge in [-0.25, -0.2) is 9.07 Å². The van der Waals surface area contributed by atoms with E-state index in [1.807, 2.05) is 32.4 Å². The first kappa shape index (κ1) is 15.4. The van der Waals surface area contributed by atoms with Crippen LogP contribution >= 0.6 is 0 Å². The van der Waals surface area contributed by atoms with Crippen LogP contribution in [-0.4, -0.2) is 9.36 Å². The third-order valence-corrected chi connectivity index (χ3v) is 3.39. The van der Waals surface area contributed by atoms with E-state index < -0.39 is 0 Å². The zero-order chi connectivity index (χ0) is 15.8. The van der Waals surface area contributed by atoms with Gasteiger partial charge in [-0.3, -0.25) is 9.48 Å². The maximum absolute atomic E-state index is 13.1. The molecule has 1 aromatic heterocycles. The maximum atomic E-state index is 13.1. The fraction of sp³-hybridized carbons (Fsp3) is 0.438. The number of anilines is 1. The van der Waals surface area contributed by atoms with Crippen molar-refractivity contribution in [3.8, 4) is 5.69 Å². The van der Waals surface area contributed by atoms with E-state index in [0.29, 0.717) is 12.2 Å². The van der Waals surface area contributed by atoms with Gasteiger partial charge >= 0.3 is 0 Å². The summed E-state index contributed by atoms with van der Waals surface area (Å²) in [5, 5.41) is 0. The smallest absolute Gasteiger partial charge is 0.294 e. The molecule has 0 radical (unpaired) electrons. The fourth-order valence-corrected chi connectivity index (χ4v) is 2.62. The summed E-state index contributed by atoms with van der Waals surface area (Å²) in [5.41, 5.74) is 7.27. The van der Waals surface area contributed by atoms with Gasteiger partial charge in [0, 0.05) is 12.0 Å². The lowest BCUT2D eigenvalue weighted by molar-refractivity contribution is 0.452. The van der Waals surface area contributed by atoms with E-state index >= 15 is 0 Å². The number of nitrogen functional groups attached to an aromatic ring is 1. The molecule has 0 atom stereocenters. The summed E-state index contributed by atoms with van der Waals surface area (Å²) in [5.74, 6) is -0.329. The van der Waals surface area contributed by atoms with Gasteiger partial charge in [0.15, 0.2) is 0 Å². The van der Waals surface area contributed by atoms with E-state index in [-0.39, 0.29) is 22.5 Å². The quantitative estimate of drug-likeness (QED) is 0.945. The lowest BCUT2D eigenvalue weighted by atomic mass is 9.91. The molecular formula is C16H22FN3O. The van der Waals surface area contributed by atoms with Crippen LogP contribution in [0.3, 0.4) is 0 Å². The molecule has 0 aliphatic carbocycles. The molecule has 0 amide bonds. The lowest BCUT2D eigenvalue weighted by Gasteiger charge is -2.23. The number of nitrogens with zero attached hydrogens (tertiary/aromatic N) is 2. The Morgan fingerprint density at radius 3 is 2.24 bits per heavy atom. The zero-order valence-corrected chi connectivity index (χ0v) is 13.0. The SMILES string of the molecule is CCCn1c(C(C)(C)C)c(N)c(=O)n1-c1ccc(F)cc1. The molecule has 0 spiro atoms. The number of halogens is 1. The molecule has 0 saturated heterocycles. The Bertz CT molecular complexity index is 690. The summed E-state index contributed by atoms with van der Waals surface area (Å²) >= 11 is 0. The normalized spacial score (nSPS) is 11.9. The van der Waals surface area contributed by atoms with Crippen LogP contribution in [-0.2, 0) is 12.0 Å². The molecule has 21 heavy (non-hydrogen) atoms. The van der Waals surface area contributed by atoms with Crippen molar-refractivity contribution in [2.45, 2.75) is 46.1 Å². The second kappa shape index (κ2) is 5.39. The third kappa shape index (κ3) is 2.73. The van der Waals surface area contributed by atoms with Gasteiger partial charge in [0.05, 0.1) is 11.4 Å². The van der Waals surface area contributed by atoms with E-state index in [0.717, 1.165) is 12.1 Å². The average Bonchev–Trinajstić information content (AvgIpc) is 2.63. The molecular weight excluding hydrogens is 269 g/mol. The van der Waals surface area contributed by atoms with E-state index in [4.69, 9.17) is 5.73 Å². The molecule has 1 aromatic carbocycles. The van der Waals surface area contributed by atoms with Crippen LogP contribution in [0.5, 0.6) is 0 Å². The van der Waals surface area contributed by atoms with Crippen molar-refractivity contribution in [1.29, 1.82) is 0 Å². The summed E-state index contributed by atoms with van der Waals surface area (Å²) in [6.45, 7) is 8.80. The summed E-state index contributed by atoms with van der Waals surface area (Å²) < 4.78 is 16.6. The minimum absolute atomic E-state index is 0.246. The first-order chi connectivity index (χ1) is 9.77. The van der Waals surface area contributed by atoms with Crippen LogP contribution in [0.1, 0.15) is 39.8 Å². The van der Waals surface area contributed by atoms with Gasteiger partial charge in [-0.05, 0) is 30.7 Å². The van der Waals surface area contributed by atoms with Gasteiger partial charge in [-0.2, -0.15) is 0 Å². The van der Waals surface area contributed by atoms with Crippen molar-refractivity contribution in [2.75, 3.05) is 5.73 Å². The Kier molecular flexibility index (Phi) is 3.94. The van der Waals surface area contributed by atoms with Crippen LogP contribution in [0, 0.1) is 5.82 Å². The number of rotatable bonds is 3. The number of aromatic nitrogens is 2. The summed E-state index contributed by atoms with van der Waals surface area (Å²) in [4.78, 5) is 12.5. The van der Waals surface area contributed by atoms with E-state index in [2.05, 4.69) is 0 Å². The van der Waals surface area contributed by atoms with Crippen LogP contribution in [0.4, 0.5) is 10.1 Å². The predicted molar refractivity (Wildman–Crippen MR) is 83.4 cm³/mol. The highest BCUT2D eigenvalue weighted by Crippen LogP contribution is 2.27. The Morgan fingerprint density at radius 1 is 1.19 bits per heavy atom. The fourth-order valence-electron chi connectivity index (χ4n) is 2.62. The second-order valence-corrected chi connectivity index (χ2v) is 6.23. The van der Waals surface area contributed by atoms with Crippen LogP contribution in [0.2, 0.25) is 0 Å². The molecule has 0 aliphatic rings. The Morgan fingerprint density at radius 2 is 1.76 bits per heavy atom. The Balaban J connectivity index is 2.77. The second-order valence-electron chi connectivity index (χ2n) is 6.23. The van der Waals surface area contributed by atoms with Crippen molar-refractivity contribution in [3.63, 3.8) is 0 Å². The molecule has 2 rings (SSSR count). The minimum Gasteiger partial charge on any atom is -0.393 e. The standard InChI is InChI=1S/C16H22FN3O/c1-5-10-19-14(16(2,3)4)13(18)15(21)20(19)12-8-6-11(17)7-9-12/h6-9H,5,10,18H2,1-4H3. The van der Waals surface area contributed by atoms with Gasteiger partial charge in [0.1, 0.15) is 11.5 Å². The van der Waals surface area contributed by atoms with Gasteiger partial charge < -0.3 is 5.73 Å². The highest BCUT2D eigenvalue weighted by atomic mass is 19.1. The molecule has 4 nitrogen and oxygen atoms in total. The van der Waals surface area contributed by atoms with Gasteiger partial charge in [-0.1, -0.05) is 27.7 Å². The predicted octanol–water partition coefficient (Wildman–Crippen LogP) is 3.07. The summed E-state index contributed by atoms with van der Waals surface area (Å²) in [6.07, 6.45) is 0.873. The molecule has 0 fully saturated rings. The lowest BCUT2D eigenvalue weighted by Crippen LogP contribution is -2.24. The molecule has 114 valence electrons. The average molecular weight is 291 g/mol. The number of benzene rings is 1. The number of nitrogens with two attached hydrogens (primary N) is 1. The maximum Gasteiger partial charge on any atom is 0.294 e. The number of hydrogen-bond acceptors (Lipinski definition) is 2. The zero-order valence-electron chi connectivity index (χ0n) is 13.0. The molecule has 2 aromatic rings. The van der Waals surface area contributed by atoms with Crippen LogP contribution in [0.25, 0.3) is 5.69 Å². The molecule has 0 saturated carbocycles. The highest BCUT2D eigenvalue weighted by Gasteiger charge is 2.27. The summed E-state index contributed by atoms with van der Waals surface area (Å²) in [6, 6.07) is 5.87. The monoisotopic (exact) mass is 291 g/mol. The molecule has 0 bridgehead atoms. The third-order valence-electron chi connectivity index (χ3n) is 3.39. The van der Waals surface area contributed by atoms with E-state index in [1.165, 1.54) is 12.1 Å². The Labute approximate surface area is 124 Å². The highest BCUT2D eigenvalue weighted by molar-refractivity contribution is 5.48. The minimum atomic E-state index is -0.329. The molecule has 0 unspecified atom stereocenters. The molecule has 2 N–H and O–H groups in total. The topological polar surface area (TPSA) is 52.9 Å². The van der Waals surface area contributed by atoms with E-state index in [1.54, 1.807) is 16.8 Å². The molecule has 1 heterocycles. The van der Waals surface area contributed by atoms with Crippen LogP contribution in [0.15, 0.2) is 29.1 Å². The summed E-state index contributed by atoms with van der Waals surface area (Å²) in [7, 11) is 0. The first-order valence-corrected chi connectivity index (χ1v) is 7.15. The van der Waals surface area contributed by atoms with Crippen molar-refractivity contribution in [1.82, 2.24) is 9.36 Å². The largest absolute Gasteiger partial charge is 0.393 e. The number of hydrogen-bond donors (Lipinski definition) is 1. The van der Waals surface area contributed by atoms with Crippen LogP contribution < -0.4 is 11.3 Å². The van der Waals surface area contributed by atoms with E-state index in [9.17, 15) is 9.18 Å². The van der Waals surface area contributed by atoms with Crippen molar-refractivity contribution in [2.24, 2.45) is 0 Å². The molecule has 5 heteroatoms. The van der Waals surface area contributed by atoms with Crippen molar-refractivity contribution in [3.05, 3.63) is 46.1 Å². The first-order valence-electron chi connectivity index (χ1n) is 7.15. The Hall–Kier alpha value is -2.04. The van der Waals surface area contributed by atoms with Gasteiger partial charge in [-0.15, -0.1) is 0 Å². The van der Waals surface area contributed by atoms with Gasteiger partial charge in [0.25, 0.3) is 5.56 Å². The van der Waals surface area contributed by atoms with Crippen molar-refractivity contribution >= 4 is 5.69 Å². The van der Waals surface area contributed by atoms with Gasteiger partial charge in [0.2, 0.25) is 0 Å². The van der Waals surface area contributed by atoms with Crippen molar-refractivity contribution < 1.29 is 4.39 Å². The molecule has 0 aliphatic heterocycles.